The Hall–Kier alpha value is -3.07. The predicted molar refractivity (Wildman–Crippen MR) is 103 cm³/mol. The molecule has 0 radical (unpaired) electrons. The number of halogens is 2. The highest BCUT2D eigenvalue weighted by atomic mass is 35.5. The zero-order valence-corrected chi connectivity index (χ0v) is 14.8. The van der Waals surface area contributed by atoms with Crippen LogP contribution in [-0.4, -0.2) is 10.9 Å². The van der Waals surface area contributed by atoms with Crippen molar-refractivity contribution in [2.45, 2.75) is 0 Å². The fourth-order valence-electron chi connectivity index (χ4n) is 2.25. The summed E-state index contributed by atoms with van der Waals surface area (Å²) in [6.07, 6.45) is 1.52. The third-order valence-corrected chi connectivity index (χ3v) is 4.30. The van der Waals surface area contributed by atoms with E-state index in [1.165, 1.54) is 6.20 Å². The lowest BCUT2D eigenvalue weighted by molar-refractivity contribution is 0.102. The second-order valence-corrected chi connectivity index (χ2v) is 6.09. The van der Waals surface area contributed by atoms with Gasteiger partial charge in [0.25, 0.3) is 5.91 Å². The van der Waals surface area contributed by atoms with E-state index in [1.54, 1.807) is 54.6 Å². The van der Waals surface area contributed by atoms with Crippen molar-refractivity contribution in [2.24, 2.45) is 0 Å². The van der Waals surface area contributed by atoms with Crippen LogP contribution in [0.25, 0.3) is 0 Å². The molecule has 128 valence electrons. The predicted octanol–water partition coefficient (Wildman–Crippen LogP) is 5.26. The van der Waals surface area contributed by atoms with Crippen LogP contribution in [0.15, 0.2) is 60.8 Å². The number of hydrogen-bond acceptors (Lipinski definition) is 4. The van der Waals surface area contributed by atoms with Gasteiger partial charge in [0, 0.05) is 17.4 Å². The number of nitrogens with zero attached hydrogens (tertiary/aromatic N) is 2. The van der Waals surface area contributed by atoms with Crippen LogP contribution in [0.2, 0.25) is 10.0 Å². The lowest BCUT2D eigenvalue weighted by atomic mass is 10.2. The first-order chi connectivity index (χ1) is 12.6. The molecule has 2 N–H and O–H groups in total. The van der Waals surface area contributed by atoms with Crippen molar-refractivity contribution in [2.75, 3.05) is 10.6 Å². The highest BCUT2D eigenvalue weighted by Gasteiger charge is 2.11. The number of benzene rings is 2. The second kappa shape index (κ2) is 7.87. The summed E-state index contributed by atoms with van der Waals surface area (Å²) >= 11 is 12.1. The Balaban J connectivity index is 1.79. The first-order valence-corrected chi connectivity index (χ1v) is 8.31. The summed E-state index contributed by atoms with van der Waals surface area (Å²) in [5.74, 6) is 0.135. The number of anilines is 3. The molecule has 0 fully saturated rings. The summed E-state index contributed by atoms with van der Waals surface area (Å²) in [5.41, 5.74) is 2.05. The maximum Gasteiger partial charge on any atom is 0.255 e. The summed E-state index contributed by atoms with van der Waals surface area (Å²) < 4.78 is 0. The molecule has 0 unspecified atom stereocenters. The van der Waals surface area contributed by atoms with Gasteiger partial charge in [0.2, 0.25) is 0 Å². The van der Waals surface area contributed by atoms with Crippen molar-refractivity contribution in [3.63, 3.8) is 0 Å². The Morgan fingerprint density at radius 1 is 1.08 bits per heavy atom. The summed E-state index contributed by atoms with van der Waals surface area (Å²) in [6.45, 7) is 0. The quantitative estimate of drug-likeness (QED) is 0.645. The van der Waals surface area contributed by atoms with E-state index in [1.807, 2.05) is 0 Å². The highest BCUT2D eigenvalue weighted by molar-refractivity contribution is 6.44. The average molecular weight is 383 g/mol. The third-order valence-electron chi connectivity index (χ3n) is 3.49. The van der Waals surface area contributed by atoms with Crippen molar-refractivity contribution in [1.82, 2.24) is 4.98 Å². The number of carbonyl (C=O) groups excluding carboxylic acids is 1. The molecule has 1 aromatic heterocycles. The van der Waals surface area contributed by atoms with Crippen LogP contribution in [0.3, 0.4) is 0 Å². The van der Waals surface area contributed by atoms with Crippen LogP contribution < -0.4 is 10.6 Å². The highest BCUT2D eigenvalue weighted by Crippen LogP contribution is 2.30. The Bertz CT molecular complexity index is 1010. The van der Waals surface area contributed by atoms with Crippen LogP contribution in [0, 0.1) is 11.3 Å². The topological polar surface area (TPSA) is 77.8 Å². The standard InChI is InChI=1S/C19H12Cl2N4O/c20-15-5-2-6-16(18(15)21)25-19(26)13-7-8-23-17(10-13)24-14-4-1-3-12(9-14)11-22/h1-10H,(H,23,24)(H,25,26). The first kappa shape index (κ1) is 17.7. The number of nitrogens with one attached hydrogen (secondary N) is 2. The normalized spacial score (nSPS) is 10.0. The molecule has 7 heteroatoms. The SMILES string of the molecule is N#Cc1cccc(Nc2cc(C(=O)Nc3cccc(Cl)c3Cl)ccn2)c1. The van der Waals surface area contributed by atoms with Gasteiger partial charge in [-0.1, -0.05) is 35.3 Å². The molecule has 1 amide bonds. The molecule has 0 aliphatic heterocycles. The first-order valence-electron chi connectivity index (χ1n) is 7.55. The van der Waals surface area contributed by atoms with Crippen molar-refractivity contribution in [3.8, 4) is 6.07 Å². The van der Waals surface area contributed by atoms with E-state index in [2.05, 4.69) is 21.7 Å². The van der Waals surface area contributed by atoms with Gasteiger partial charge in [0.1, 0.15) is 5.82 Å². The number of amides is 1. The van der Waals surface area contributed by atoms with Gasteiger partial charge in [-0.3, -0.25) is 4.79 Å². The molecule has 2 aromatic carbocycles. The van der Waals surface area contributed by atoms with Crippen LogP contribution in [0.1, 0.15) is 15.9 Å². The molecule has 1 heterocycles. The lowest BCUT2D eigenvalue weighted by Crippen LogP contribution is -2.12. The molecule has 0 bridgehead atoms. The zero-order chi connectivity index (χ0) is 18.5. The Labute approximate surface area is 160 Å². The van der Waals surface area contributed by atoms with Gasteiger partial charge in [-0.25, -0.2) is 4.98 Å². The third kappa shape index (κ3) is 4.12. The van der Waals surface area contributed by atoms with Crippen LogP contribution in [0.5, 0.6) is 0 Å². The van der Waals surface area contributed by atoms with Crippen molar-refractivity contribution in [1.29, 1.82) is 5.26 Å². The fraction of sp³-hybridized carbons (Fsp3) is 0. The molecule has 0 atom stereocenters. The summed E-state index contributed by atoms with van der Waals surface area (Å²) in [5, 5.41) is 15.4. The van der Waals surface area contributed by atoms with E-state index in [4.69, 9.17) is 28.5 Å². The van der Waals surface area contributed by atoms with Gasteiger partial charge in [-0.15, -0.1) is 0 Å². The van der Waals surface area contributed by atoms with Crippen LogP contribution in [-0.2, 0) is 0 Å². The molecular formula is C19H12Cl2N4O. The van der Waals surface area contributed by atoms with Gasteiger partial charge in [0.15, 0.2) is 0 Å². The number of hydrogen-bond donors (Lipinski definition) is 2. The maximum atomic E-state index is 12.5. The van der Waals surface area contributed by atoms with Crippen molar-refractivity contribution >= 4 is 46.3 Å². The summed E-state index contributed by atoms with van der Waals surface area (Å²) in [7, 11) is 0. The van der Waals surface area contributed by atoms with Crippen LogP contribution >= 0.6 is 23.2 Å². The number of nitriles is 1. The number of rotatable bonds is 4. The fourth-order valence-corrected chi connectivity index (χ4v) is 2.60. The smallest absolute Gasteiger partial charge is 0.255 e. The zero-order valence-electron chi connectivity index (χ0n) is 13.3. The molecule has 26 heavy (non-hydrogen) atoms. The molecule has 0 saturated heterocycles. The van der Waals surface area contributed by atoms with E-state index >= 15 is 0 Å². The minimum Gasteiger partial charge on any atom is -0.340 e. The molecule has 0 aliphatic carbocycles. The Kier molecular flexibility index (Phi) is 5.37. The van der Waals surface area contributed by atoms with E-state index in [-0.39, 0.29) is 10.9 Å². The van der Waals surface area contributed by atoms with Gasteiger partial charge in [-0.05, 0) is 42.5 Å². The van der Waals surface area contributed by atoms with Crippen LogP contribution in [0.4, 0.5) is 17.2 Å². The Morgan fingerprint density at radius 2 is 1.88 bits per heavy atom. The molecule has 3 aromatic rings. The molecule has 0 spiro atoms. The van der Waals surface area contributed by atoms with E-state index in [0.29, 0.717) is 33.3 Å². The number of carbonyl (C=O) groups is 1. The molecule has 3 rings (SSSR count). The van der Waals surface area contributed by atoms with Gasteiger partial charge in [-0.2, -0.15) is 5.26 Å². The van der Waals surface area contributed by atoms with Gasteiger partial charge in [0.05, 0.1) is 27.4 Å². The maximum absolute atomic E-state index is 12.5. The largest absolute Gasteiger partial charge is 0.340 e. The molecular weight excluding hydrogens is 371 g/mol. The number of pyridine rings is 1. The average Bonchev–Trinajstić information content (AvgIpc) is 2.66. The minimum absolute atomic E-state index is 0.281. The number of aromatic nitrogens is 1. The van der Waals surface area contributed by atoms with E-state index in [0.717, 1.165) is 0 Å². The second-order valence-electron chi connectivity index (χ2n) is 5.30. The molecule has 0 saturated carbocycles. The molecule has 0 aliphatic rings. The lowest BCUT2D eigenvalue weighted by Gasteiger charge is -2.10. The monoisotopic (exact) mass is 382 g/mol. The van der Waals surface area contributed by atoms with E-state index in [9.17, 15) is 4.79 Å². The van der Waals surface area contributed by atoms with Gasteiger partial charge >= 0.3 is 0 Å². The Morgan fingerprint density at radius 3 is 2.69 bits per heavy atom. The summed E-state index contributed by atoms with van der Waals surface area (Å²) in [4.78, 5) is 16.7. The van der Waals surface area contributed by atoms with Crippen molar-refractivity contribution < 1.29 is 4.79 Å². The summed E-state index contributed by atoms with van der Waals surface area (Å²) in [6, 6.07) is 17.2. The van der Waals surface area contributed by atoms with Crippen molar-refractivity contribution in [3.05, 3.63) is 82.0 Å². The van der Waals surface area contributed by atoms with E-state index < -0.39 is 0 Å². The minimum atomic E-state index is -0.342. The molecule has 5 nitrogen and oxygen atoms in total. The van der Waals surface area contributed by atoms with Gasteiger partial charge < -0.3 is 10.6 Å².